The lowest BCUT2D eigenvalue weighted by molar-refractivity contribution is -0.384. The Balaban J connectivity index is 1.70. The molecular formula is C17H16N2O4S2. The van der Waals surface area contributed by atoms with E-state index in [0.29, 0.717) is 16.2 Å². The number of nitro groups is 1. The van der Waals surface area contributed by atoms with Crippen LogP contribution in [0.4, 0.5) is 5.69 Å². The summed E-state index contributed by atoms with van der Waals surface area (Å²) in [5.74, 6) is -0.414. The molecule has 2 aliphatic heterocycles. The van der Waals surface area contributed by atoms with Gasteiger partial charge < -0.3 is 9.64 Å². The van der Waals surface area contributed by atoms with E-state index in [1.165, 1.54) is 12.1 Å². The Labute approximate surface area is 154 Å². The molecule has 1 atom stereocenters. The third-order valence-corrected chi connectivity index (χ3v) is 5.95. The second-order valence-electron chi connectivity index (χ2n) is 5.51. The third kappa shape index (κ3) is 3.07. The zero-order valence-electron chi connectivity index (χ0n) is 13.7. The summed E-state index contributed by atoms with van der Waals surface area (Å²) in [5, 5.41) is 10.7. The predicted octanol–water partition coefficient (Wildman–Crippen LogP) is 3.92. The van der Waals surface area contributed by atoms with E-state index < -0.39 is 10.9 Å². The van der Waals surface area contributed by atoms with E-state index >= 15 is 0 Å². The molecule has 0 aliphatic carbocycles. The maximum atomic E-state index is 12.6. The van der Waals surface area contributed by atoms with Gasteiger partial charge in [-0.2, -0.15) is 0 Å². The standard InChI is InChI=1S/C17H16N2O4S2/c1-3-12-15(24)18-14(13(4-2)25-16(12)18)17(20)23-9-10-5-7-11(8-6-10)19(21)22/h3,5-8,16H,4,9H2,1-2H3/t16-/m0/s1. The number of hydrogen-bond donors (Lipinski definition) is 0. The molecule has 0 N–H and O–H groups in total. The Bertz CT molecular complexity index is 814. The maximum Gasteiger partial charge on any atom is 0.356 e. The molecule has 0 saturated carbocycles. The number of carbonyl (C=O) groups is 1. The van der Waals surface area contributed by atoms with Gasteiger partial charge in [-0.25, -0.2) is 4.79 Å². The van der Waals surface area contributed by atoms with Crippen LogP contribution in [0.1, 0.15) is 25.8 Å². The number of benzene rings is 1. The SMILES string of the molecule is CC=C1C(=S)N2C(C(=O)OCc3ccc([N+](=O)[O-])cc3)=C(CC)S[C@@H]12. The molecule has 2 aliphatic rings. The largest absolute Gasteiger partial charge is 0.456 e. The van der Waals surface area contributed by atoms with Crippen molar-refractivity contribution in [2.24, 2.45) is 0 Å². The normalized spacial score (nSPS) is 20.6. The lowest BCUT2D eigenvalue weighted by Gasteiger charge is -2.40. The molecule has 6 nitrogen and oxygen atoms in total. The van der Waals surface area contributed by atoms with E-state index in [-0.39, 0.29) is 17.7 Å². The number of nitrogens with zero attached hydrogens (tertiary/aromatic N) is 2. The molecule has 0 radical (unpaired) electrons. The molecule has 8 heteroatoms. The summed E-state index contributed by atoms with van der Waals surface area (Å²) in [5.41, 5.74) is 2.30. The third-order valence-electron chi connectivity index (χ3n) is 4.07. The summed E-state index contributed by atoms with van der Waals surface area (Å²) in [6.07, 6.45) is 2.72. The molecule has 1 saturated heterocycles. The molecule has 25 heavy (non-hydrogen) atoms. The van der Waals surface area contributed by atoms with Gasteiger partial charge in [-0.15, -0.1) is 0 Å². The minimum atomic E-state index is -0.465. The minimum Gasteiger partial charge on any atom is -0.456 e. The van der Waals surface area contributed by atoms with Crippen LogP contribution in [0.25, 0.3) is 0 Å². The first kappa shape index (κ1) is 17.6. The average molecular weight is 376 g/mol. The number of rotatable bonds is 5. The first-order chi connectivity index (χ1) is 12.0. The van der Waals surface area contributed by atoms with Crippen molar-refractivity contribution in [3.05, 3.63) is 62.2 Å². The van der Waals surface area contributed by atoms with Gasteiger partial charge in [0.05, 0.1) is 4.92 Å². The number of thioether (sulfide) groups is 1. The van der Waals surface area contributed by atoms with Crippen LogP contribution in [0.5, 0.6) is 0 Å². The second kappa shape index (κ2) is 6.97. The number of carbonyl (C=O) groups excluding carboxylic acids is 1. The van der Waals surface area contributed by atoms with Crippen molar-refractivity contribution in [3.63, 3.8) is 0 Å². The van der Waals surface area contributed by atoms with E-state index in [9.17, 15) is 14.9 Å². The summed E-state index contributed by atoms with van der Waals surface area (Å²) >= 11 is 7.03. The highest BCUT2D eigenvalue weighted by molar-refractivity contribution is 8.04. The lowest BCUT2D eigenvalue weighted by Crippen LogP contribution is -2.50. The number of esters is 1. The first-order valence-electron chi connectivity index (χ1n) is 7.78. The van der Waals surface area contributed by atoms with Crippen LogP contribution in [0, 0.1) is 10.1 Å². The van der Waals surface area contributed by atoms with Gasteiger partial charge in [0.15, 0.2) is 0 Å². The molecule has 0 aromatic heterocycles. The van der Waals surface area contributed by atoms with Crippen LogP contribution in [-0.2, 0) is 16.1 Å². The fourth-order valence-electron chi connectivity index (χ4n) is 2.74. The van der Waals surface area contributed by atoms with Crippen LogP contribution < -0.4 is 0 Å². The topological polar surface area (TPSA) is 72.7 Å². The Morgan fingerprint density at radius 2 is 2.12 bits per heavy atom. The molecule has 0 bridgehead atoms. The monoisotopic (exact) mass is 376 g/mol. The number of fused-ring (bicyclic) bond motifs is 1. The molecule has 1 aromatic rings. The van der Waals surface area contributed by atoms with Gasteiger partial charge in [0.2, 0.25) is 0 Å². The number of ether oxygens (including phenoxy) is 1. The zero-order chi connectivity index (χ0) is 18.1. The van der Waals surface area contributed by atoms with E-state index in [0.717, 1.165) is 16.9 Å². The van der Waals surface area contributed by atoms with Crippen LogP contribution >= 0.6 is 24.0 Å². The molecule has 2 heterocycles. The second-order valence-corrected chi connectivity index (χ2v) is 7.08. The molecule has 0 spiro atoms. The molecule has 0 amide bonds. The Kier molecular flexibility index (Phi) is 4.91. The Morgan fingerprint density at radius 1 is 1.44 bits per heavy atom. The summed E-state index contributed by atoms with van der Waals surface area (Å²) in [4.78, 5) is 26.3. The van der Waals surface area contributed by atoms with Gasteiger partial charge in [0.25, 0.3) is 5.69 Å². The van der Waals surface area contributed by atoms with Crippen LogP contribution in [-0.4, -0.2) is 26.2 Å². The number of thiocarbonyl (C=S) groups is 1. The molecule has 1 aromatic carbocycles. The van der Waals surface area contributed by atoms with E-state index in [4.69, 9.17) is 17.0 Å². The highest BCUT2D eigenvalue weighted by atomic mass is 32.2. The van der Waals surface area contributed by atoms with Crippen molar-refractivity contribution in [2.75, 3.05) is 0 Å². The van der Waals surface area contributed by atoms with Gasteiger partial charge in [-0.05, 0) is 31.0 Å². The Hall–Kier alpha value is -2.19. The molecular weight excluding hydrogens is 360 g/mol. The van der Waals surface area contributed by atoms with Gasteiger partial charge in [-0.1, -0.05) is 37.0 Å². The fourth-order valence-corrected chi connectivity index (χ4v) is 4.73. The van der Waals surface area contributed by atoms with Gasteiger partial charge in [-0.3, -0.25) is 10.1 Å². The quantitative estimate of drug-likeness (QED) is 0.253. The number of allylic oxidation sites excluding steroid dienone is 2. The summed E-state index contributed by atoms with van der Waals surface area (Å²) in [6.45, 7) is 4.00. The summed E-state index contributed by atoms with van der Waals surface area (Å²) < 4.78 is 5.41. The maximum absolute atomic E-state index is 12.6. The molecule has 0 unspecified atom stereocenters. The minimum absolute atomic E-state index is 0.00546. The van der Waals surface area contributed by atoms with E-state index in [2.05, 4.69) is 0 Å². The fraction of sp³-hybridized carbons (Fsp3) is 0.294. The van der Waals surface area contributed by atoms with Crippen molar-refractivity contribution in [1.82, 2.24) is 4.90 Å². The highest BCUT2D eigenvalue weighted by Gasteiger charge is 2.49. The Morgan fingerprint density at radius 3 is 2.68 bits per heavy atom. The smallest absolute Gasteiger partial charge is 0.356 e. The average Bonchev–Trinajstić information content (AvgIpc) is 2.95. The van der Waals surface area contributed by atoms with Crippen LogP contribution in [0.15, 0.2) is 46.5 Å². The van der Waals surface area contributed by atoms with Crippen molar-refractivity contribution in [1.29, 1.82) is 0 Å². The summed E-state index contributed by atoms with van der Waals surface area (Å²) in [7, 11) is 0. The summed E-state index contributed by atoms with van der Waals surface area (Å²) in [6, 6.07) is 5.95. The molecule has 130 valence electrons. The molecule has 1 fully saturated rings. The first-order valence-corrected chi connectivity index (χ1v) is 9.06. The number of nitro benzene ring substituents is 1. The zero-order valence-corrected chi connectivity index (χ0v) is 15.4. The van der Waals surface area contributed by atoms with Crippen LogP contribution in [0.3, 0.4) is 0 Å². The van der Waals surface area contributed by atoms with Crippen molar-refractivity contribution in [2.45, 2.75) is 32.2 Å². The lowest BCUT2D eigenvalue weighted by atomic mass is 10.1. The van der Waals surface area contributed by atoms with E-state index in [1.807, 2.05) is 24.8 Å². The van der Waals surface area contributed by atoms with Crippen LogP contribution in [0.2, 0.25) is 0 Å². The number of non-ortho nitro benzene ring substituents is 1. The highest BCUT2D eigenvalue weighted by Crippen LogP contribution is 2.50. The number of hydrogen-bond acceptors (Lipinski definition) is 6. The van der Waals surface area contributed by atoms with Crippen molar-refractivity contribution < 1.29 is 14.5 Å². The molecule has 3 rings (SSSR count). The van der Waals surface area contributed by atoms with Crippen molar-refractivity contribution in [3.8, 4) is 0 Å². The predicted molar refractivity (Wildman–Crippen MR) is 99.8 cm³/mol. The van der Waals surface area contributed by atoms with E-state index in [1.54, 1.807) is 23.9 Å². The van der Waals surface area contributed by atoms with Gasteiger partial charge >= 0.3 is 5.97 Å². The van der Waals surface area contributed by atoms with Crippen molar-refractivity contribution >= 4 is 40.6 Å². The van der Waals surface area contributed by atoms with Gasteiger partial charge in [0.1, 0.15) is 22.7 Å². The van der Waals surface area contributed by atoms with Gasteiger partial charge in [0, 0.05) is 22.6 Å².